The number of carbonyl (C=O) groups is 1. The number of amides is 1. The normalized spacial score (nSPS) is 15.3. The predicted molar refractivity (Wildman–Crippen MR) is 120 cm³/mol. The molecular formula is C23H23Cl2FN2O3. The second kappa shape index (κ2) is 9.90. The maximum atomic E-state index is 13.4. The highest BCUT2D eigenvalue weighted by molar-refractivity contribution is 6.31. The highest BCUT2D eigenvalue weighted by Crippen LogP contribution is 2.24. The molecule has 0 bridgehead atoms. The SMILES string of the molecule is O=C(NC1CCN(CCCOc2ccc(Cl)c(F)c2)CC1)c1cc2cc(Cl)ccc2o1. The topological polar surface area (TPSA) is 54.7 Å². The number of hydrogen-bond donors (Lipinski definition) is 1. The molecule has 0 atom stereocenters. The first-order chi connectivity index (χ1) is 15.0. The molecule has 1 saturated heterocycles. The van der Waals surface area contributed by atoms with Gasteiger partial charge in [0.2, 0.25) is 0 Å². The number of ether oxygens (including phenoxy) is 1. The predicted octanol–water partition coefficient (Wildman–Crippen LogP) is 5.54. The Kier molecular flexibility index (Phi) is 7.00. The number of hydrogen-bond acceptors (Lipinski definition) is 4. The van der Waals surface area contributed by atoms with Crippen molar-refractivity contribution in [3.8, 4) is 5.75 Å². The number of halogens is 3. The molecule has 2 heterocycles. The van der Waals surface area contributed by atoms with E-state index in [1.807, 2.05) is 0 Å². The molecule has 0 spiro atoms. The molecule has 1 N–H and O–H groups in total. The van der Waals surface area contributed by atoms with Crippen molar-refractivity contribution in [3.05, 3.63) is 64.1 Å². The van der Waals surface area contributed by atoms with Gasteiger partial charge in [0.1, 0.15) is 17.1 Å². The Balaban J connectivity index is 1.18. The van der Waals surface area contributed by atoms with E-state index in [4.69, 9.17) is 32.4 Å². The third kappa shape index (κ3) is 5.70. The third-order valence-electron chi connectivity index (χ3n) is 5.40. The van der Waals surface area contributed by atoms with Crippen LogP contribution >= 0.6 is 23.2 Å². The maximum absolute atomic E-state index is 13.4. The summed E-state index contributed by atoms with van der Waals surface area (Å²) in [6.45, 7) is 3.20. The zero-order valence-corrected chi connectivity index (χ0v) is 18.4. The minimum atomic E-state index is -0.477. The van der Waals surface area contributed by atoms with Gasteiger partial charge in [0, 0.05) is 42.2 Å². The van der Waals surface area contributed by atoms with Crippen molar-refractivity contribution in [2.75, 3.05) is 26.2 Å². The number of carbonyl (C=O) groups excluding carboxylic acids is 1. The van der Waals surface area contributed by atoms with E-state index >= 15 is 0 Å². The average Bonchev–Trinajstić information content (AvgIpc) is 3.18. The van der Waals surface area contributed by atoms with Crippen LogP contribution in [0.3, 0.4) is 0 Å². The van der Waals surface area contributed by atoms with Crippen molar-refractivity contribution in [1.82, 2.24) is 10.2 Å². The summed E-state index contributed by atoms with van der Waals surface area (Å²) in [4.78, 5) is 14.9. The summed E-state index contributed by atoms with van der Waals surface area (Å²) in [6, 6.07) is 11.6. The number of likely N-dealkylation sites (tertiary alicyclic amines) is 1. The number of piperidine rings is 1. The Bertz CT molecular complexity index is 1060. The van der Waals surface area contributed by atoms with Crippen LogP contribution in [0.25, 0.3) is 11.0 Å². The van der Waals surface area contributed by atoms with Crippen LogP contribution in [0.1, 0.15) is 29.8 Å². The molecule has 1 amide bonds. The molecule has 0 unspecified atom stereocenters. The molecule has 164 valence electrons. The van der Waals surface area contributed by atoms with Crippen molar-refractivity contribution in [2.24, 2.45) is 0 Å². The van der Waals surface area contributed by atoms with E-state index in [0.29, 0.717) is 28.7 Å². The zero-order valence-electron chi connectivity index (χ0n) is 16.9. The standard InChI is InChI=1S/C23H23Cl2FN2O3/c24-16-2-5-21-15(12-16)13-22(31-21)23(29)27-17-6-9-28(10-7-17)8-1-11-30-18-3-4-19(25)20(26)14-18/h2-5,12-14,17H,1,6-11H2,(H,27,29). The average molecular weight is 465 g/mol. The molecule has 8 heteroatoms. The smallest absolute Gasteiger partial charge is 0.287 e. The van der Waals surface area contributed by atoms with Crippen LogP contribution in [0.15, 0.2) is 46.9 Å². The minimum Gasteiger partial charge on any atom is -0.493 e. The summed E-state index contributed by atoms with van der Waals surface area (Å²) >= 11 is 11.7. The van der Waals surface area contributed by atoms with Crippen molar-refractivity contribution >= 4 is 40.1 Å². The highest BCUT2D eigenvalue weighted by Gasteiger charge is 2.22. The quantitative estimate of drug-likeness (QED) is 0.466. The molecule has 1 aliphatic heterocycles. The Morgan fingerprint density at radius 1 is 1.16 bits per heavy atom. The Morgan fingerprint density at radius 2 is 1.97 bits per heavy atom. The molecule has 4 rings (SSSR count). The lowest BCUT2D eigenvalue weighted by Crippen LogP contribution is -2.44. The lowest BCUT2D eigenvalue weighted by molar-refractivity contribution is 0.0884. The van der Waals surface area contributed by atoms with Gasteiger partial charge in [-0.3, -0.25) is 4.79 Å². The Hall–Kier alpha value is -2.28. The van der Waals surface area contributed by atoms with E-state index in [1.54, 1.807) is 30.3 Å². The first kappa shape index (κ1) is 21.9. The van der Waals surface area contributed by atoms with E-state index in [9.17, 15) is 9.18 Å². The molecule has 0 aliphatic carbocycles. The summed E-state index contributed by atoms with van der Waals surface area (Å²) in [7, 11) is 0. The third-order valence-corrected chi connectivity index (χ3v) is 5.95. The van der Waals surface area contributed by atoms with Crippen LogP contribution in [-0.4, -0.2) is 43.1 Å². The molecule has 2 aromatic carbocycles. The Morgan fingerprint density at radius 3 is 2.74 bits per heavy atom. The number of fused-ring (bicyclic) bond motifs is 1. The first-order valence-electron chi connectivity index (χ1n) is 10.3. The lowest BCUT2D eigenvalue weighted by Gasteiger charge is -2.32. The van der Waals surface area contributed by atoms with Crippen LogP contribution in [0.5, 0.6) is 5.75 Å². The summed E-state index contributed by atoms with van der Waals surface area (Å²) in [5.41, 5.74) is 0.646. The van der Waals surface area contributed by atoms with Gasteiger partial charge in [-0.05, 0) is 55.7 Å². The van der Waals surface area contributed by atoms with Crippen molar-refractivity contribution in [2.45, 2.75) is 25.3 Å². The lowest BCUT2D eigenvalue weighted by atomic mass is 10.0. The minimum absolute atomic E-state index is 0.0898. The van der Waals surface area contributed by atoms with Crippen LogP contribution < -0.4 is 10.1 Å². The van der Waals surface area contributed by atoms with Crippen molar-refractivity contribution in [1.29, 1.82) is 0 Å². The van der Waals surface area contributed by atoms with Gasteiger partial charge < -0.3 is 19.4 Å². The number of nitrogens with zero attached hydrogens (tertiary/aromatic N) is 1. The fourth-order valence-electron chi connectivity index (χ4n) is 3.73. The maximum Gasteiger partial charge on any atom is 0.287 e. The van der Waals surface area contributed by atoms with Gasteiger partial charge in [-0.1, -0.05) is 23.2 Å². The number of benzene rings is 2. The van der Waals surface area contributed by atoms with Gasteiger partial charge in [-0.2, -0.15) is 0 Å². The van der Waals surface area contributed by atoms with E-state index in [-0.39, 0.29) is 17.0 Å². The Labute approximate surface area is 190 Å². The van der Waals surface area contributed by atoms with Crippen LogP contribution in [-0.2, 0) is 0 Å². The van der Waals surface area contributed by atoms with Gasteiger partial charge in [0.05, 0.1) is 11.6 Å². The second-order valence-corrected chi connectivity index (χ2v) is 8.50. The van der Waals surface area contributed by atoms with Crippen LogP contribution in [0.2, 0.25) is 10.0 Å². The van der Waals surface area contributed by atoms with E-state index in [2.05, 4.69) is 10.2 Å². The van der Waals surface area contributed by atoms with Gasteiger partial charge in [-0.25, -0.2) is 4.39 Å². The van der Waals surface area contributed by atoms with Crippen molar-refractivity contribution < 1.29 is 18.3 Å². The molecule has 0 radical (unpaired) electrons. The highest BCUT2D eigenvalue weighted by atomic mass is 35.5. The number of nitrogens with one attached hydrogen (secondary N) is 1. The largest absolute Gasteiger partial charge is 0.493 e. The van der Waals surface area contributed by atoms with Gasteiger partial charge in [0.15, 0.2) is 5.76 Å². The van der Waals surface area contributed by atoms with Crippen LogP contribution in [0.4, 0.5) is 4.39 Å². The van der Waals surface area contributed by atoms with Crippen molar-refractivity contribution in [3.63, 3.8) is 0 Å². The molecule has 3 aromatic rings. The fourth-order valence-corrected chi connectivity index (χ4v) is 4.03. The first-order valence-corrected chi connectivity index (χ1v) is 11.0. The van der Waals surface area contributed by atoms with Crippen LogP contribution in [0, 0.1) is 5.82 Å². The number of furan rings is 1. The van der Waals surface area contributed by atoms with Gasteiger partial charge in [-0.15, -0.1) is 0 Å². The summed E-state index contributed by atoms with van der Waals surface area (Å²) in [5.74, 6) is 0.107. The summed E-state index contributed by atoms with van der Waals surface area (Å²) in [5, 5.41) is 4.58. The van der Waals surface area contributed by atoms with Gasteiger partial charge >= 0.3 is 0 Å². The zero-order chi connectivity index (χ0) is 21.8. The molecule has 0 saturated carbocycles. The monoisotopic (exact) mass is 464 g/mol. The molecule has 1 fully saturated rings. The number of rotatable bonds is 7. The summed E-state index contributed by atoms with van der Waals surface area (Å²) in [6.07, 6.45) is 2.59. The second-order valence-electron chi connectivity index (χ2n) is 7.66. The van der Waals surface area contributed by atoms with E-state index in [1.165, 1.54) is 12.1 Å². The van der Waals surface area contributed by atoms with E-state index in [0.717, 1.165) is 44.3 Å². The molecule has 1 aliphatic rings. The fraction of sp³-hybridized carbons (Fsp3) is 0.348. The van der Waals surface area contributed by atoms with E-state index < -0.39 is 5.82 Å². The molecular weight excluding hydrogens is 442 g/mol. The molecule has 5 nitrogen and oxygen atoms in total. The van der Waals surface area contributed by atoms with Gasteiger partial charge in [0.25, 0.3) is 5.91 Å². The molecule has 1 aromatic heterocycles. The summed E-state index contributed by atoms with van der Waals surface area (Å²) < 4.78 is 24.6. The molecule has 31 heavy (non-hydrogen) atoms.